The zero-order valence-electron chi connectivity index (χ0n) is 18.2. The Morgan fingerprint density at radius 3 is 2.77 bits per heavy atom. The van der Waals surface area contributed by atoms with Crippen LogP contribution in [0, 0.1) is 5.92 Å². The molecule has 0 radical (unpaired) electrons. The maximum atomic E-state index is 6.36. The van der Waals surface area contributed by atoms with E-state index >= 15 is 0 Å². The molecule has 2 saturated heterocycles. The highest BCUT2D eigenvalue weighted by Gasteiger charge is 2.31. The number of aliphatic imine (C=N–C) groups is 1. The zero-order valence-corrected chi connectivity index (χ0v) is 18.9. The quantitative estimate of drug-likeness (QED) is 0.455. The summed E-state index contributed by atoms with van der Waals surface area (Å²) < 4.78 is 16.4. The van der Waals surface area contributed by atoms with Gasteiger partial charge in [0.05, 0.1) is 33.5 Å². The molecule has 0 amide bonds. The van der Waals surface area contributed by atoms with Gasteiger partial charge in [-0.3, -0.25) is 9.89 Å². The number of methoxy groups -OCH3 is 1. The van der Waals surface area contributed by atoms with Crippen LogP contribution in [-0.4, -0.2) is 83.2 Å². The van der Waals surface area contributed by atoms with Crippen LogP contribution in [0.4, 0.5) is 0 Å². The molecule has 2 heterocycles. The van der Waals surface area contributed by atoms with Gasteiger partial charge < -0.3 is 24.8 Å². The summed E-state index contributed by atoms with van der Waals surface area (Å²) in [5.41, 5.74) is 1.09. The number of halogens is 1. The summed E-state index contributed by atoms with van der Waals surface area (Å²) in [5, 5.41) is 7.54. The molecule has 0 spiro atoms. The molecule has 2 fully saturated rings. The van der Waals surface area contributed by atoms with Gasteiger partial charge in [0.25, 0.3) is 0 Å². The van der Waals surface area contributed by atoms with Crippen molar-refractivity contribution in [1.82, 2.24) is 15.5 Å². The van der Waals surface area contributed by atoms with Gasteiger partial charge in [-0.1, -0.05) is 17.7 Å². The van der Waals surface area contributed by atoms with Crippen LogP contribution < -0.4 is 15.4 Å². The molecule has 168 valence electrons. The van der Waals surface area contributed by atoms with E-state index in [2.05, 4.69) is 22.5 Å². The molecular formula is C22H35ClN4O3. The molecular weight excluding hydrogens is 404 g/mol. The second-order valence-electron chi connectivity index (χ2n) is 7.69. The average Bonchev–Trinajstić information content (AvgIpc) is 3.30. The minimum atomic E-state index is 0.392. The summed E-state index contributed by atoms with van der Waals surface area (Å²) in [5.74, 6) is 2.16. The number of nitrogens with zero attached hydrogens (tertiary/aromatic N) is 2. The molecule has 0 aliphatic carbocycles. The van der Waals surface area contributed by atoms with Gasteiger partial charge in [0.2, 0.25) is 0 Å². The van der Waals surface area contributed by atoms with Crippen LogP contribution >= 0.6 is 11.6 Å². The molecule has 0 aromatic heterocycles. The number of ether oxygens (including phenoxy) is 3. The van der Waals surface area contributed by atoms with Gasteiger partial charge in [0.15, 0.2) is 5.96 Å². The number of rotatable bonds is 9. The molecule has 2 aliphatic rings. The standard InChI is InChI=1S/C22H35ClN4O3/c1-3-24-22(25-8-6-17-4-5-19(28-2)14-20(17)23)26-15-21(18-7-11-30-16-18)27-9-12-29-13-10-27/h4-5,14,18,21H,3,6-13,15-16H2,1-2H3,(H2,24,25,26). The first-order valence-electron chi connectivity index (χ1n) is 11.0. The number of hydrogen-bond donors (Lipinski definition) is 2. The van der Waals surface area contributed by atoms with Crippen molar-refractivity contribution in [3.8, 4) is 5.75 Å². The number of hydrogen-bond acceptors (Lipinski definition) is 5. The minimum Gasteiger partial charge on any atom is -0.497 e. The third-order valence-electron chi connectivity index (χ3n) is 5.75. The first-order valence-corrected chi connectivity index (χ1v) is 11.3. The maximum absolute atomic E-state index is 6.36. The molecule has 0 saturated carbocycles. The highest BCUT2D eigenvalue weighted by Crippen LogP contribution is 2.23. The van der Waals surface area contributed by atoms with Crippen molar-refractivity contribution in [2.24, 2.45) is 10.9 Å². The van der Waals surface area contributed by atoms with Crippen LogP contribution in [0.1, 0.15) is 18.9 Å². The van der Waals surface area contributed by atoms with E-state index in [0.717, 1.165) is 94.3 Å². The molecule has 2 N–H and O–H groups in total. The number of morpholine rings is 1. The van der Waals surface area contributed by atoms with E-state index in [1.165, 1.54) is 0 Å². The molecule has 2 aliphatic heterocycles. The fourth-order valence-electron chi connectivity index (χ4n) is 4.03. The lowest BCUT2D eigenvalue weighted by Gasteiger charge is -2.36. The predicted molar refractivity (Wildman–Crippen MR) is 121 cm³/mol. The lowest BCUT2D eigenvalue weighted by Crippen LogP contribution is -2.49. The van der Waals surface area contributed by atoms with Crippen molar-refractivity contribution in [2.75, 3.05) is 66.3 Å². The average molecular weight is 439 g/mol. The van der Waals surface area contributed by atoms with Crippen LogP contribution in [0.15, 0.2) is 23.2 Å². The topological polar surface area (TPSA) is 67.4 Å². The SMILES string of the molecule is CCNC(=NCC(C1CCOC1)N1CCOCC1)NCCc1ccc(OC)cc1Cl. The number of benzene rings is 1. The summed E-state index contributed by atoms with van der Waals surface area (Å²) in [7, 11) is 1.65. The van der Waals surface area contributed by atoms with E-state index in [1.807, 2.05) is 18.2 Å². The van der Waals surface area contributed by atoms with E-state index in [1.54, 1.807) is 7.11 Å². The molecule has 3 rings (SSSR count). The fraction of sp³-hybridized carbons (Fsp3) is 0.682. The fourth-order valence-corrected chi connectivity index (χ4v) is 4.29. The number of nitrogens with one attached hydrogen (secondary N) is 2. The molecule has 1 aromatic rings. The summed E-state index contributed by atoms with van der Waals surface area (Å²) in [4.78, 5) is 7.44. The maximum Gasteiger partial charge on any atom is 0.191 e. The van der Waals surface area contributed by atoms with E-state index in [0.29, 0.717) is 12.0 Å². The Bertz CT molecular complexity index is 676. The van der Waals surface area contributed by atoms with Crippen molar-refractivity contribution >= 4 is 17.6 Å². The summed E-state index contributed by atoms with van der Waals surface area (Å²) in [6.45, 7) is 9.65. The third-order valence-corrected chi connectivity index (χ3v) is 6.10. The largest absolute Gasteiger partial charge is 0.497 e. The minimum absolute atomic E-state index is 0.392. The second kappa shape index (κ2) is 12.3. The first-order chi connectivity index (χ1) is 14.7. The Labute approximate surface area is 185 Å². The van der Waals surface area contributed by atoms with Crippen molar-refractivity contribution in [1.29, 1.82) is 0 Å². The van der Waals surface area contributed by atoms with Gasteiger partial charge >= 0.3 is 0 Å². The van der Waals surface area contributed by atoms with Gasteiger partial charge in [0.1, 0.15) is 5.75 Å². The van der Waals surface area contributed by atoms with Gasteiger partial charge in [-0.25, -0.2) is 0 Å². The molecule has 30 heavy (non-hydrogen) atoms. The molecule has 0 bridgehead atoms. The van der Waals surface area contributed by atoms with Gasteiger partial charge in [-0.05, 0) is 37.5 Å². The van der Waals surface area contributed by atoms with Crippen LogP contribution in [0.3, 0.4) is 0 Å². The third kappa shape index (κ3) is 6.74. The van der Waals surface area contributed by atoms with E-state index in [-0.39, 0.29) is 0 Å². The Kier molecular flexibility index (Phi) is 9.52. The van der Waals surface area contributed by atoms with Gasteiger partial charge in [-0.15, -0.1) is 0 Å². The summed E-state index contributed by atoms with van der Waals surface area (Å²) in [6, 6.07) is 6.20. The smallest absolute Gasteiger partial charge is 0.191 e. The first kappa shape index (κ1) is 23.1. The summed E-state index contributed by atoms with van der Waals surface area (Å²) in [6.07, 6.45) is 1.92. The normalized spacial score (nSPS) is 21.4. The van der Waals surface area contributed by atoms with E-state index in [4.69, 9.17) is 30.8 Å². The lowest BCUT2D eigenvalue weighted by molar-refractivity contribution is 0.00368. The van der Waals surface area contributed by atoms with Crippen molar-refractivity contribution in [3.05, 3.63) is 28.8 Å². The summed E-state index contributed by atoms with van der Waals surface area (Å²) >= 11 is 6.36. The monoisotopic (exact) mass is 438 g/mol. The molecule has 2 atom stereocenters. The van der Waals surface area contributed by atoms with Gasteiger partial charge in [-0.2, -0.15) is 0 Å². The molecule has 7 nitrogen and oxygen atoms in total. The van der Waals surface area contributed by atoms with Crippen LogP contribution in [0.5, 0.6) is 5.75 Å². The Balaban J connectivity index is 1.57. The Morgan fingerprint density at radius 2 is 2.10 bits per heavy atom. The zero-order chi connectivity index (χ0) is 21.2. The van der Waals surface area contributed by atoms with Crippen molar-refractivity contribution in [2.45, 2.75) is 25.8 Å². The van der Waals surface area contributed by atoms with E-state index < -0.39 is 0 Å². The van der Waals surface area contributed by atoms with Crippen molar-refractivity contribution in [3.63, 3.8) is 0 Å². The molecule has 2 unspecified atom stereocenters. The predicted octanol–water partition coefficient (Wildman–Crippen LogP) is 2.18. The van der Waals surface area contributed by atoms with Crippen LogP contribution in [0.2, 0.25) is 5.02 Å². The number of guanidine groups is 1. The van der Waals surface area contributed by atoms with Gasteiger partial charge in [0, 0.05) is 49.8 Å². The van der Waals surface area contributed by atoms with Crippen molar-refractivity contribution < 1.29 is 14.2 Å². The highest BCUT2D eigenvalue weighted by atomic mass is 35.5. The van der Waals surface area contributed by atoms with Crippen LogP contribution in [-0.2, 0) is 15.9 Å². The van der Waals surface area contributed by atoms with E-state index in [9.17, 15) is 0 Å². The highest BCUT2D eigenvalue weighted by molar-refractivity contribution is 6.31. The molecule has 1 aromatic carbocycles. The lowest BCUT2D eigenvalue weighted by atomic mass is 9.97. The second-order valence-corrected chi connectivity index (χ2v) is 8.10. The van der Waals surface area contributed by atoms with Crippen LogP contribution in [0.25, 0.3) is 0 Å². The molecule has 8 heteroatoms. The Morgan fingerprint density at radius 1 is 1.27 bits per heavy atom. The Hall–Kier alpha value is -1.54.